The number of rotatable bonds is 3. The van der Waals surface area contributed by atoms with Gasteiger partial charge in [-0.1, -0.05) is 24.3 Å². The number of carbonyl (C=O) groups excluding carboxylic acids is 1. The third-order valence-corrected chi connectivity index (χ3v) is 4.97. The highest BCUT2D eigenvalue weighted by Gasteiger charge is 2.14. The number of nitrogens with one attached hydrogen (secondary N) is 2. The van der Waals surface area contributed by atoms with Gasteiger partial charge in [0, 0.05) is 11.9 Å². The summed E-state index contributed by atoms with van der Waals surface area (Å²) in [6.07, 6.45) is 1.71. The van der Waals surface area contributed by atoms with Gasteiger partial charge in [0.1, 0.15) is 11.3 Å². The van der Waals surface area contributed by atoms with Crippen LogP contribution in [0.5, 0.6) is 0 Å². The number of amides is 1. The first kappa shape index (κ1) is 17.6. The fraction of sp³-hybridized carbons (Fsp3) is 0.0435. The van der Waals surface area contributed by atoms with Crippen molar-refractivity contribution in [3.05, 3.63) is 83.8 Å². The fourth-order valence-electron chi connectivity index (χ4n) is 3.44. The molecular formula is C23H16N6O. The Kier molecular flexibility index (Phi) is 4.04. The number of benzene rings is 2. The lowest BCUT2D eigenvalue weighted by atomic mass is 10.0. The van der Waals surface area contributed by atoms with Crippen molar-refractivity contribution < 1.29 is 4.79 Å². The van der Waals surface area contributed by atoms with Crippen LogP contribution in [-0.2, 0) is 0 Å². The molecule has 2 aromatic carbocycles. The van der Waals surface area contributed by atoms with Crippen LogP contribution in [0.25, 0.3) is 27.8 Å². The SMILES string of the molecule is Cc1cccc2nc(C(=O)Nc3nc4cc(-c5cccc(C#N)c5)ccc4[nH]3)cn12. The van der Waals surface area contributed by atoms with Crippen LogP contribution in [0.3, 0.4) is 0 Å². The molecule has 30 heavy (non-hydrogen) atoms. The van der Waals surface area contributed by atoms with Gasteiger partial charge < -0.3 is 9.38 Å². The summed E-state index contributed by atoms with van der Waals surface area (Å²) in [7, 11) is 0. The van der Waals surface area contributed by atoms with Crippen molar-refractivity contribution in [2.75, 3.05) is 5.32 Å². The van der Waals surface area contributed by atoms with E-state index in [2.05, 4.69) is 26.3 Å². The Morgan fingerprint density at radius 2 is 1.90 bits per heavy atom. The number of hydrogen-bond donors (Lipinski definition) is 2. The molecule has 0 aliphatic heterocycles. The van der Waals surface area contributed by atoms with Crippen LogP contribution in [0, 0.1) is 18.3 Å². The molecule has 5 aromatic rings. The topological polar surface area (TPSA) is 98.9 Å². The molecule has 0 aliphatic carbocycles. The van der Waals surface area contributed by atoms with E-state index in [1.54, 1.807) is 12.3 Å². The Labute approximate surface area is 171 Å². The van der Waals surface area contributed by atoms with Gasteiger partial charge in [0.25, 0.3) is 5.91 Å². The molecule has 3 heterocycles. The van der Waals surface area contributed by atoms with Crippen LogP contribution >= 0.6 is 0 Å². The Balaban J connectivity index is 1.44. The second kappa shape index (κ2) is 6.87. The standard InChI is InChI=1S/C23H16N6O/c1-14-4-2-7-21-25-20(13-29(14)21)22(30)28-23-26-18-9-8-17(11-19(18)27-23)16-6-3-5-15(10-16)12-24/h2-11,13H,1H3,(H2,26,27,28,30). The van der Waals surface area contributed by atoms with E-state index in [-0.39, 0.29) is 5.91 Å². The van der Waals surface area contributed by atoms with Gasteiger partial charge in [-0.05, 0) is 54.4 Å². The number of hydrogen-bond acceptors (Lipinski definition) is 4. The molecule has 0 spiro atoms. The number of fused-ring (bicyclic) bond motifs is 2. The molecule has 0 unspecified atom stereocenters. The number of carbonyl (C=O) groups is 1. The highest BCUT2D eigenvalue weighted by molar-refractivity contribution is 6.03. The summed E-state index contributed by atoms with van der Waals surface area (Å²) in [4.78, 5) is 24.6. The largest absolute Gasteiger partial charge is 0.324 e. The van der Waals surface area contributed by atoms with Gasteiger partial charge in [-0.25, -0.2) is 9.97 Å². The molecule has 0 saturated carbocycles. The predicted molar refractivity (Wildman–Crippen MR) is 114 cm³/mol. The summed E-state index contributed by atoms with van der Waals surface area (Å²) < 4.78 is 1.87. The normalized spacial score (nSPS) is 10.9. The van der Waals surface area contributed by atoms with Crippen LogP contribution in [0.4, 0.5) is 5.95 Å². The summed E-state index contributed by atoms with van der Waals surface area (Å²) in [6, 6.07) is 21.1. The second-order valence-corrected chi connectivity index (χ2v) is 6.99. The molecule has 0 radical (unpaired) electrons. The van der Waals surface area contributed by atoms with Crippen molar-refractivity contribution in [1.82, 2.24) is 19.4 Å². The molecule has 1 amide bonds. The van der Waals surface area contributed by atoms with Crippen molar-refractivity contribution >= 4 is 28.5 Å². The predicted octanol–water partition coefficient (Wildman–Crippen LogP) is 4.31. The first-order valence-corrected chi connectivity index (χ1v) is 9.37. The van der Waals surface area contributed by atoms with Crippen LogP contribution in [0.1, 0.15) is 21.7 Å². The highest BCUT2D eigenvalue weighted by atomic mass is 16.2. The molecule has 144 valence electrons. The van der Waals surface area contributed by atoms with E-state index in [0.717, 1.165) is 27.9 Å². The number of nitrogens with zero attached hydrogens (tertiary/aromatic N) is 4. The van der Waals surface area contributed by atoms with E-state index in [9.17, 15) is 4.79 Å². The van der Waals surface area contributed by atoms with E-state index in [1.165, 1.54) is 0 Å². The molecule has 0 aliphatic rings. The number of imidazole rings is 2. The number of aromatic nitrogens is 4. The zero-order chi connectivity index (χ0) is 20.7. The third-order valence-electron chi connectivity index (χ3n) is 4.97. The molecular weight excluding hydrogens is 376 g/mol. The van der Waals surface area contributed by atoms with Crippen molar-refractivity contribution in [3.63, 3.8) is 0 Å². The maximum Gasteiger partial charge on any atom is 0.278 e. The van der Waals surface area contributed by atoms with Crippen molar-refractivity contribution in [3.8, 4) is 17.2 Å². The van der Waals surface area contributed by atoms with Crippen LogP contribution < -0.4 is 5.32 Å². The second-order valence-electron chi connectivity index (χ2n) is 6.99. The van der Waals surface area contributed by atoms with Gasteiger partial charge in [0.15, 0.2) is 0 Å². The van der Waals surface area contributed by atoms with Crippen LogP contribution in [-0.4, -0.2) is 25.3 Å². The summed E-state index contributed by atoms with van der Waals surface area (Å²) in [5, 5.41) is 11.9. The maximum absolute atomic E-state index is 12.7. The summed E-state index contributed by atoms with van der Waals surface area (Å²) in [6.45, 7) is 1.96. The zero-order valence-electron chi connectivity index (χ0n) is 16.0. The molecule has 0 atom stereocenters. The van der Waals surface area contributed by atoms with Crippen LogP contribution in [0.15, 0.2) is 66.9 Å². The lowest BCUT2D eigenvalue weighted by Crippen LogP contribution is -2.13. The smallest absolute Gasteiger partial charge is 0.278 e. The number of pyridine rings is 1. The molecule has 3 aromatic heterocycles. The Morgan fingerprint density at radius 3 is 2.73 bits per heavy atom. The van der Waals surface area contributed by atoms with Crippen molar-refractivity contribution in [2.45, 2.75) is 6.92 Å². The number of nitriles is 1. The fourth-order valence-corrected chi connectivity index (χ4v) is 3.44. The minimum absolute atomic E-state index is 0.318. The average molecular weight is 392 g/mol. The van der Waals surface area contributed by atoms with Gasteiger partial charge in [-0.3, -0.25) is 10.1 Å². The van der Waals surface area contributed by atoms with Gasteiger partial charge in [0.05, 0.1) is 22.7 Å². The van der Waals surface area contributed by atoms with E-state index >= 15 is 0 Å². The molecule has 7 nitrogen and oxygen atoms in total. The number of H-pyrrole nitrogens is 1. The molecule has 7 heteroatoms. The summed E-state index contributed by atoms with van der Waals surface area (Å²) in [5.41, 5.74) is 6.03. The Hall–Kier alpha value is -4.44. The van der Waals surface area contributed by atoms with E-state index in [0.29, 0.717) is 22.9 Å². The summed E-state index contributed by atoms with van der Waals surface area (Å²) >= 11 is 0. The molecule has 5 rings (SSSR count). The third kappa shape index (κ3) is 3.06. The zero-order valence-corrected chi connectivity index (χ0v) is 16.0. The first-order chi connectivity index (χ1) is 14.6. The van der Waals surface area contributed by atoms with Crippen LogP contribution in [0.2, 0.25) is 0 Å². The summed E-state index contributed by atoms with van der Waals surface area (Å²) in [5.74, 6) is 0.0193. The monoisotopic (exact) mass is 392 g/mol. The van der Waals surface area contributed by atoms with Crippen molar-refractivity contribution in [2.24, 2.45) is 0 Å². The lowest BCUT2D eigenvalue weighted by molar-refractivity contribution is 0.102. The van der Waals surface area contributed by atoms with Gasteiger partial charge in [-0.15, -0.1) is 0 Å². The van der Waals surface area contributed by atoms with Crippen molar-refractivity contribution in [1.29, 1.82) is 5.26 Å². The van der Waals surface area contributed by atoms with E-state index in [4.69, 9.17) is 5.26 Å². The molecule has 0 bridgehead atoms. The minimum atomic E-state index is -0.334. The van der Waals surface area contributed by atoms with Gasteiger partial charge in [0.2, 0.25) is 5.95 Å². The van der Waals surface area contributed by atoms with Gasteiger partial charge in [-0.2, -0.15) is 5.26 Å². The van der Waals surface area contributed by atoms with Gasteiger partial charge >= 0.3 is 0 Å². The average Bonchev–Trinajstić information content (AvgIpc) is 3.37. The van der Waals surface area contributed by atoms with E-state index < -0.39 is 0 Å². The molecule has 0 fully saturated rings. The lowest BCUT2D eigenvalue weighted by Gasteiger charge is -2.01. The first-order valence-electron chi connectivity index (χ1n) is 9.37. The highest BCUT2D eigenvalue weighted by Crippen LogP contribution is 2.25. The Morgan fingerprint density at radius 1 is 1.07 bits per heavy atom. The molecule has 0 saturated heterocycles. The number of aryl methyl sites for hydroxylation is 1. The van der Waals surface area contributed by atoms with E-state index in [1.807, 2.05) is 65.9 Å². The number of anilines is 1. The Bertz CT molecular complexity index is 1470. The quantitative estimate of drug-likeness (QED) is 0.478. The maximum atomic E-state index is 12.7. The minimum Gasteiger partial charge on any atom is -0.324 e. The number of aromatic amines is 1. The molecule has 2 N–H and O–H groups in total.